The van der Waals surface area contributed by atoms with Gasteiger partial charge in [0.25, 0.3) is 5.89 Å². The molecule has 1 unspecified atom stereocenters. The molecule has 1 fully saturated rings. The van der Waals surface area contributed by atoms with Crippen molar-refractivity contribution < 1.29 is 13.6 Å². The molecule has 2 aromatic heterocycles. The summed E-state index contributed by atoms with van der Waals surface area (Å²) in [6.07, 6.45) is 7.80. The van der Waals surface area contributed by atoms with E-state index in [9.17, 15) is 4.79 Å². The van der Waals surface area contributed by atoms with Crippen LogP contribution in [0.4, 0.5) is 0 Å². The van der Waals surface area contributed by atoms with Crippen molar-refractivity contribution in [1.82, 2.24) is 10.3 Å². The summed E-state index contributed by atoms with van der Waals surface area (Å²) in [4.78, 5) is 16.8. The topological polar surface area (TPSA) is 94.3 Å². The summed E-state index contributed by atoms with van der Waals surface area (Å²) in [6.45, 7) is 2.29. The van der Waals surface area contributed by atoms with Crippen LogP contribution < -0.4 is 11.1 Å². The quantitative estimate of drug-likeness (QED) is 0.767. The molecule has 1 aliphatic rings. The van der Waals surface area contributed by atoms with Crippen molar-refractivity contribution in [2.45, 2.75) is 51.5 Å². The lowest BCUT2D eigenvalue weighted by atomic mass is 9.84. The Morgan fingerprint density at radius 1 is 1.35 bits per heavy atom. The summed E-state index contributed by atoms with van der Waals surface area (Å²) in [5, 5.41) is 3.09. The van der Waals surface area contributed by atoms with E-state index in [1.165, 1.54) is 19.3 Å². The van der Waals surface area contributed by atoms with Crippen LogP contribution >= 0.6 is 24.8 Å². The third-order valence-corrected chi connectivity index (χ3v) is 4.77. The van der Waals surface area contributed by atoms with Gasteiger partial charge in [-0.05, 0) is 37.8 Å². The maximum Gasteiger partial charge on any atom is 0.263 e. The van der Waals surface area contributed by atoms with Crippen LogP contribution in [0.3, 0.4) is 0 Å². The SMILES string of the molecule is Cc1oc(-c2ccco2)nc1CC(=O)NC(CN)C1CCCCC1.Cl.Cl. The molecule has 0 saturated heterocycles. The van der Waals surface area contributed by atoms with Crippen molar-refractivity contribution in [3.63, 3.8) is 0 Å². The average Bonchev–Trinajstić information content (AvgIpc) is 3.24. The van der Waals surface area contributed by atoms with Crippen LogP contribution in [0.5, 0.6) is 0 Å². The van der Waals surface area contributed by atoms with Crippen molar-refractivity contribution in [2.24, 2.45) is 11.7 Å². The molecule has 0 radical (unpaired) electrons. The summed E-state index contributed by atoms with van der Waals surface area (Å²) in [7, 11) is 0. The number of nitrogens with zero attached hydrogens (tertiary/aromatic N) is 1. The summed E-state index contributed by atoms with van der Waals surface area (Å²) >= 11 is 0. The molecule has 8 heteroatoms. The molecule has 1 aliphatic carbocycles. The smallest absolute Gasteiger partial charge is 0.263 e. The third kappa shape index (κ3) is 5.50. The van der Waals surface area contributed by atoms with Gasteiger partial charge in [0.2, 0.25) is 5.91 Å². The fourth-order valence-corrected chi connectivity index (χ4v) is 3.41. The number of nitrogens with one attached hydrogen (secondary N) is 1. The number of halogens is 2. The highest BCUT2D eigenvalue weighted by molar-refractivity contribution is 5.85. The molecule has 2 aromatic rings. The molecule has 146 valence electrons. The number of hydrogen-bond acceptors (Lipinski definition) is 5. The third-order valence-electron chi connectivity index (χ3n) is 4.77. The van der Waals surface area contributed by atoms with E-state index in [4.69, 9.17) is 14.6 Å². The van der Waals surface area contributed by atoms with Gasteiger partial charge in [0.1, 0.15) is 5.76 Å². The molecule has 1 saturated carbocycles. The predicted molar refractivity (Wildman–Crippen MR) is 105 cm³/mol. The first-order valence-corrected chi connectivity index (χ1v) is 8.67. The minimum absolute atomic E-state index is 0. The summed E-state index contributed by atoms with van der Waals surface area (Å²) in [5.74, 6) is 2.04. The number of carbonyl (C=O) groups excluding carboxylic acids is 1. The second-order valence-corrected chi connectivity index (χ2v) is 6.48. The highest BCUT2D eigenvalue weighted by atomic mass is 35.5. The first-order chi connectivity index (χ1) is 11.7. The van der Waals surface area contributed by atoms with Gasteiger partial charge in [-0.1, -0.05) is 19.3 Å². The Morgan fingerprint density at radius 2 is 2.08 bits per heavy atom. The Labute approximate surface area is 166 Å². The van der Waals surface area contributed by atoms with Crippen molar-refractivity contribution in [3.05, 3.63) is 29.9 Å². The molecule has 2 heterocycles. The fraction of sp³-hybridized carbons (Fsp3) is 0.556. The second kappa shape index (κ2) is 10.6. The first-order valence-electron chi connectivity index (χ1n) is 8.67. The normalized spacial score (nSPS) is 15.6. The van der Waals surface area contributed by atoms with Crippen LogP contribution in [0, 0.1) is 12.8 Å². The van der Waals surface area contributed by atoms with Crippen molar-refractivity contribution in [2.75, 3.05) is 6.54 Å². The standard InChI is InChI=1S/C18H25N3O3.2ClH/c1-12-14(21-18(24-12)16-8-5-9-23-16)10-17(22)20-15(11-19)13-6-3-2-4-7-13;;/h5,8-9,13,15H,2-4,6-7,10-11,19H2,1H3,(H,20,22);2*1H. The Bertz CT molecular complexity index is 667. The van der Waals surface area contributed by atoms with Gasteiger partial charge in [-0.2, -0.15) is 0 Å². The number of carbonyl (C=O) groups is 1. The second-order valence-electron chi connectivity index (χ2n) is 6.48. The maximum atomic E-state index is 12.4. The number of rotatable bonds is 6. The summed E-state index contributed by atoms with van der Waals surface area (Å²) in [5.41, 5.74) is 6.52. The van der Waals surface area contributed by atoms with Crippen molar-refractivity contribution >= 4 is 30.7 Å². The van der Waals surface area contributed by atoms with E-state index >= 15 is 0 Å². The highest BCUT2D eigenvalue weighted by Gasteiger charge is 2.25. The Kier molecular flexibility index (Phi) is 9.19. The highest BCUT2D eigenvalue weighted by Crippen LogP contribution is 2.26. The molecular weight excluding hydrogens is 377 g/mol. The number of aryl methyl sites for hydroxylation is 1. The lowest BCUT2D eigenvalue weighted by Crippen LogP contribution is -2.46. The molecule has 0 aromatic carbocycles. The monoisotopic (exact) mass is 403 g/mol. The number of oxazole rings is 1. The fourth-order valence-electron chi connectivity index (χ4n) is 3.41. The number of amides is 1. The number of furan rings is 1. The molecule has 1 atom stereocenters. The van der Waals surface area contributed by atoms with Crippen LogP contribution in [0.15, 0.2) is 27.2 Å². The van der Waals surface area contributed by atoms with Crippen molar-refractivity contribution in [3.8, 4) is 11.7 Å². The molecule has 3 rings (SSSR count). The molecular formula is C18H27Cl2N3O3. The minimum atomic E-state index is -0.0570. The van der Waals surface area contributed by atoms with Gasteiger partial charge >= 0.3 is 0 Å². The Hall–Kier alpha value is -1.50. The summed E-state index contributed by atoms with van der Waals surface area (Å²) < 4.78 is 10.9. The molecule has 6 nitrogen and oxygen atoms in total. The zero-order chi connectivity index (χ0) is 16.9. The van der Waals surface area contributed by atoms with Gasteiger partial charge in [-0.15, -0.1) is 24.8 Å². The van der Waals surface area contributed by atoms with Crippen LogP contribution in [-0.4, -0.2) is 23.5 Å². The van der Waals surface area contributed by atoms with E-state index in [0.717, 1.165) is 12.8 Å². The Morgan fingerprint density at radius 3 is 2.69 bits per heavy atom. The van der Waals surface area contributed by atoms with Crippen LogP contribution in [0.2, 0.25) is 0 Å². The first kappa shape index (κ1) is 22.5. The van der Waals surface area contributed by atoms with Crippen molar-refractivity contribution in [1.29, 1.82) is 0 Å². The van der Waals surface area contributed by atoms with Crippen LogP contribution in [0.1, 0.15) is 43.6 Å². The molecule has 0 bridgehead atoms. The average molecular weight is 404 g/mol. The molecule has 0 spiro atoms. The zero-order valence-electron chi connectivity index (χ0n) is 14.9. The van der Waals surface area contributed by atoms with Gasteiger partial charge in [0.05, 0.1) is 18.4 Å². The van der Waals surface area contributed by atoms with E-state index in [1.54, 1.807) is 18.4 Å². The lowest BCUT2D eigenvalue weighted by molar-refractivity contribution is -0.121. The summed E-state index contributed by atoms with van der Waals surface area (Å²) in [6, 6.07) is 3.61. The molecule has 26 heavy (non-hydrogen) atoms. The number of nitrogens with two attached hydrogens (primary N) is 1. The van der Waals surface area contributed by atoms with Gasteiger partial charge in [-0.25, -0.2) is 4.98 Å². The zero-order valence-corrected chi connectivity index (χ0v) is 16.5. The van der Waals surface area contributed by atoms with Gasteiger partial charge in [-0.3, -0.25) is 4.79 Å². The predicted octanol–water partition coefficient (Wildman–Crippen LogP) is 3.65. The molecule has 1 amide bonds. The van der Waals surface area contributed by atoms with E-state index in [1.807, 2.05) is 6.92 Å². The maximum absolute atomic E-state index is 12.4. The minimum Gasteiger partial charge on any atom is -0.459 e. The van der Waals surface area contributed by atoms with E-state index in [-0.39, 0.29) is 43.2 Å². The van der Waals surface area contributed by atoms with Gasteiger partial charge in [0.15, 0.2) is 5.76 Å². The molecule has 3 N–H and O–H groups in total. The lowest BCUT2D eigenvalue weighted by Gasteiger charge is -2.30. The van der Waals surface area contributed by atoms with E-state index < -0.39 is 0 Å². The number of aromatic nitrogens is 1. The Balaban J connectivity index is 0.00000169. The van der Waals surface area contributed by atoms with Crippen LogP contribution in [-0.2, 0) is 11.2 Å². The molecule has 0 aliphatic heterocycles. The van der Waals surface area contributed by atoms with Gasteiger partial charge in [0, 0.05) is 12.6 Å². The largest absolute Gasteiger partial charge is 0.459 e. The van der Waals surface area contributed by atoms with Gasteiger partial charge < -0.3 is 19.9 Å². The van der Waals surface area contributed by atoms with Crippen LogP contribution in [0.25, 0.3) is 11.7 Å². The van der Waals surface area contributed by atoms with E-state index in [2.05, 4.69) is 10.3 Å². The number of hydrogen-bond donors (Lipinski definition) is 2. The van der Waals surface area contributed by atoms with E-state index in [0.29, 0.717) is 35.6 Å².